The molecule has 132 valence electrons. The van der Waals surface area contributed by atoms with Crippen LogP contribution in [0, 0.1) is 6.92 Å². The first-order valence-electron chi connectivity index (χ1n) is 8.04. The van der Waals surface area contributed by atoms with Crippen molar-refractivity contribution in [1.29, 1.82) is 0 Å². The second kappa shape index (κ2) is 7.69. The Morgan fingerprint density at radius 3 is 2.96 bits per heavy atom. The van der Waals surface area contributed by atoms with Gasteiger partial charge in [-0.2, -0.15) is 0 Å². The summed E-state index contributed by atoms with van der Waals surface area (Å²) in [6.07, 6.45) is 2.73. The minimum atomic E-state index is -0.843. The number of nitrogens with zero attached hydrogens (tertiary/aromatic N) is 2. The first kappa shape index (κ1) is 17.5. The Bertz CT molecular complexity index is 773. The topological polar surface area (TPSA) is 94.3 Å². The molecule has 1 N–H and O–H groups in total. The van der Waals surface area contributed by atoms with Crippen molar-refractivity contribution >= 4 is 23.6 Å². The van der Waals surface area contributed by atoms with Gasteiger partial charge in [-0.3, -0.25) is 4.79 Å². The number of pyridine rings is 1. The Morgan fingerprint density at radius 2 is 2.28 bits per heavy atom. The zero-order valence-electron chi connectivity index (χ0n) is 14.0. The van der Waals surface area contributed by atoms with Crippen LogP contribution in [0.3, 0.4) is 0 Å². The molecule has 0 aromatic carbocycles. The summed E-state index contributed by atoms with van der Waals surface area (Å²) in [5.74, 6) is 0.413. The molecule has 0 unspecified atom stereocenters. The fourth-order valence-corrected chi connectivity index (χ4v) is 2.98. The van der Waals surface area contributed by atoms with Crippen molar-refractivity contribution in [3.05, 3.63) is 41.4 Å². The Morgan fingerprint density at radius 1 is 1.48 bits per heavy atom. The van der Waals surface area contributed by atoms with Gasteiger partial charge in [0, 0.05) is 24.1 Å². The number of hydrogen-bond donors (Lipinski definition) is 1. The molecule has 2 heterocycles. The zero-order chi connectivity index (χ0) is 17.8. The van der Waals surface area contributed by atoms with Crippen LogP contribution in [-0.2, 0) is 15.3 Å². The van der Waals surface area contributed by atoms with Crippen LogP contribution in [0.5, 0.6) is 0 Å². The minimum absolute atomic E-state index is 0.226. The molecule has 1 fully saturated rings. The van der Waals surface area contributed by atoms with Gasteiger partial charge in [0.15, 0.2) is 6.10 Å². The van der Waals surface area contributed by atoms with Crippen LogP contribution in [0.1, 0.15) is 41.6 Å². The molecular weight excluding hydrogens is 342 g/mol. The number of amides is 1. The molecular formula is C17H19N3O4S. The van der Waals surface area contributed by atoms with Crippen molar-refractivity contribution < 1.29 is 18.8 Å². The standard InChI is InChI=1S/C17H19N3O4S/c1-10-8-13(20-24-10)9-25-16-14(4-3-7-18-16)17(22)23-11(2)15(21)19-12-5-6-12/h3-4,7-8,11-12H,5-6,9H2,1-2H3,(H,19,21)/t11-/m1/s1. The van der Waals surface area contributed by atoms with E-state index in [1.54, 1.807) is 25.3 Å². The van der Waals surface area contributed by atoms with Crippen LogP contribution in [0.2, 0.25) is 0 Å². The smallest absolute Gasteiger partial charge is 0.341 e. The van der Waals surface area contributed by atoms with Crippen LogP contribution in [0.4, 0.5) is 0 Å². The van der Waals surface area contributed by atoms with Gasteiger partial charge in [-0.15, -0.1) is 0 Å². The van der Waals surface area contributed by atoms with Gasteiger partial charge in [0.05, 0.1) is 11.3 Å². The lowest BCUT2D eigenvalue weighted by Gasteiger charge is -2.14. The third-order valence-electron chi connectivity index (χ3n) is 3.60. The normalized spacial score (nSPS) is 14.8. The van der Waals surface area contributed by atoms with E-state index >= 15 is 0 Å². The lowest BCUT2D eigenvalue weighted by atomic mass is 10.3. The molecule has 1 atom stereocenters. The minimum Gasteiger partial charge on any atom is -0.449 e. The molecule has 0 radical (unpaired) electrons. The summed E-state index contributed by atoms with van der Waals surface area (Å²) in [6, 6.07) is 5.36. The molecule has 1 amide bonds. The highest BCUT2D eigenvalue weighted by Crippen LogP contribution is 2.25. The third-order valence-corrected chi connectivity index (χ3v) is 4.64. The second-order valence-electron chi connectivity index (χ2n) is 5.90. The molecule has 1 aliphatic rings. The summed E-state index contributed by atoms with van der Waals surface area (Å²) < 4.78 is 10.3. The van der Waals surface area contributed by atoms with E-state index in [0.717, 1.165) is 24.3 Å². The molecule has 3 rings (SSSR count). The summed E-state index contributed by atoms with van der Waals surface area (Å²) in [4.78, 5) is 28.6. The van der Waals surface area contributed by atoms with E-state index in [4.69, 9.17) is 9.26 Å². The van der Waals surface area contributed by atoms with Gasteiger partial charge >= 0.3 is 5.97 Å². The average molecular weight is 361 g/mol. The molecule has 2 aromatic rings. The number of esters is 1. The molecule has 1 aliphatic carbocycles. The van der Waals surface area contributed by atoms with Crippen molar-refractivity contribution in [3.63, 3.8) is 0 Å². The highest BCUT2D eigenvalue weighted by atomic mass is 32.2. The predicted octanol–water partition coefficient (Wildman–Crippen LogP) is 2.49. The van der Waals surface area contributed by atoms with Crippen molar-refractivity contribution in [1.82, 2.24) is 15.5 Å². The number of hydrogen-bond acceptors (Lipinski definition) is 7. The number of ether oxygens (including phenoxy) is 1. The van der Waals surface area contributed by atoms with Crippen LogP contribution in [0.25, 0.3) is 0 Å². The molecule has 1 saturated carbocycles. The average Bonchev–Trinajstić information content (AvgIpc) is 3.32. The van der Waals surface area contributed by atoms with E-state index in [1.165, 1.54) is 11.8 Å². The molecule has 0 saturated heterocycles. The summed E-state index contributed by atoms with van der Waals surface area (Å²) in [5.41, 5.74) is 1.10. The SMILES string of the molecule is Cc1cc(CSc2ncccc2C(=O)O[C@H](C)C(=O)NC2CC2)no1. The number of rotatable bonds is 7. The third kappa shape index (κ3) is 4.82. The number of carbonyl (C=O) groups is 2. The maximum absolute atomic E-state index is 12.4. The van der Waals surface area contributed by atoms with Gasteiger partial charge in [-0.1, -0.05) is 16.9 Å². The van der Waals surface area contributed by atoms with Crippen molar-refractivity contribution in [2.24, 2.45) is 0 Å². The summed E-state index contributed by atoms with van der Waals surface area (Å²) in [7, 11) is 0. The molecule has 7 nitrogen and oxygen atoms in total. The van der Waals surface area contributed by atoms with Gasteiger partial charge in [0.2, 0.25) is 0 Å². The number of aromatic nitrogens is 2. The van der Waals surface area contributed by atoms with E-state index in [0.29, 0.717) is 16.3 Å². The van der Waals surface area contributed by atoms with Gasteiger partial charge < -0.3 is 14.6 Å². The van der Waals surface area contributed by atoms with Crippen molar-refractivity contribution in [3.8, 4) is 0 Å². The van der Waals surface area contributed by atoms with Crippen LogP contribution < -0.4 is 5.32 Å². The van der Waals surface area contributed by atoms with Crippen molar-refractivity contribution in [2.75, 3.05) is 0 Å². The molecule has 0 spiro atoms. The number of carbonyl (C=O) groups excluding carboxylic acids is 2. The van der Waals surface area contributed by atoms with Gasteiger partial charge in [0.25, 0.3) is 5.91 Å². The molecule has 0 bridgehead atoms. The van der Waals surface area contributed by atoms with E-state index in [2.05, 4.69) is 15.5 Å². The molecule has 25 heavy (non-hydrogen) atoms. The summed E-state index contributed by atoms with van der Waals surface area (Å²) in [5, 5.41) is 7.27. The number of aryl methyl sites for hydroxylation is 1. The van der Waals surface area contributed by atoms with E-state index in [-0.39, 0.29) is 11.9 Å². The van der Waals surface area contributed by atoms with E-state index < -0.39 is 12.1 Å². The van der Waals surface area contributed by atoms with Gasteiger partial charge in [0.1, 0.15) is 10.8 Å². The lowest BCUT2D eigenvalue weighted by Crippen LogP contribution is -2.37. The summed E-state index contributed by atoms with van der Waals surface area (Å²) in [6.45, 7) is 3.38. The number of thioether (sulfide) groups is 1. The summed E-state index contributed by atoms with van der Waals surface area (Å²) >= 11 is 1.36. The highest BCUT2D eigenvalue weighted by molar-refractivity contribution is 7.98. The van der Waals surface area contributed by atoms with E-state index in [9.17, 15) is 9.59 Å². The number of nitrogens with one attached hydrogen (secondary N) is 1. The van der Waals surface area contributed by atoms with Crippen LogP contribution in [0.15, 0.2) is 33.9 Å². The fourth-order valence-electron chi connectivity index (χ4n) is 2.11. The zero-order valence-corrected chi connectivity index (χ0v) is 14.8. The largest absolute Gasteiger partial charge is 0.449 e. The molecule has 2 aromatic heterocycles. The fraction of sp³-hybridized carbons (Fsp3) is 0.412. The first-order valence-corrected chi connectivity index (χ1v) is 9.03. The monoisotopic (exact) mass is 361 g/mol. The molecule has 0 aliphatic heterocycles. The molecule has 8 heteroatoms. The Balaban J connectivity index is 1.62. The van der Waals surface area contributed by atoms with Crippen molar-refractivity contribution in [2.45, 2.75) is 49.6 Å². The van der Waals surface area contributed by atoms with Crippen LogP contribution >= 0.6 is 11.8 Å². The Kier molecular flexibility index (Phi) is 5.37. The quantitative estimate of drug-likeness (QED) is 0.598. The van der Waals surface area contributed by atoms with Gasteiger partial charge in [-0.05, 0) is 38.8 Å². The predicted molar refractivity (Wildman–Crippen MR) is 91.1 cm³/mol. The second-order valence-corrected chi connectivity index (χ2v) is 6.87. The van der Waals surface area contributed by atoms with E-state index in [1.807, 2.05) is 13.0 Å². The highest BCUT2D eigenvalue weighted by Gasteiger charge is 2.28. The Labute approximate surface area is 149 Å². The maximum Gasteiger partial charge on any atom is 0.341 e. The van der Waals surface area contributed by atoms with Crippen LogP contribution in [-0.4, -0.2) is 34.2 Å². The van der Waals surface area contributed by atoms with Gasteiger partial charge in [-0.25, -0.2) is 9.78 Å². The lowest BCUT2D eigenvalue weighted by molar-refractivity contribution is -0.129. The Hall–Kier alpha value is -2.35. The first-order chi connectivity index (χ1) is 12.0. The maximum atomic E-state index is 12.4.